The molecular formula is C51H51N5O8S. The molecule has 1 unspecified atom stereocenters. The highest BCUT2D eigenvalue weighted by molar-refractivity contribution is 8.03. The van der Waals surface area contributed by atoms with Gasteiger partial charge in [0.25, 0.3) is 5.91 Å². The topological polar surface area (TPSA) is 192 Å². The molecule has 334 valence electrons. The molecule has 14 heteroatoms. The number of amides is 5. The minimum atomic E-state index is -1.32. The number of fused-ring (bicyclic) bond motifs is 16. The van der Waals surface area contributed by atoms with Crippen molar-refractivity contribution in [2.24, 2.45) is 0 Å². The number of carboxylic acid groups (broad SMARTS) is 1. The number of carbonyl (C=O) groups excluding carboxylic acids is 5. The average molecular weight is 894 g/mol. The third kappa shape index (κ3) is 13.4. The number of benzene rings is 5. The van der Waals surface area contributed by atoms with E-state index in [1.54, 1.807) is 90.6 Å². The summed E-state index contributed by atoms with van der Waals surface area (Å²) in [4.78, 5) is 83.6. The number of aliphatic carboxylic acids is 1. The molecular weight excluding hydrogens is 843 g/mol. The summed E-state index contributed by atoms with van der Waals surface area (Å²) in [5, 5.41) is 26.2. The summed E-state index contributed by atoms with van der Waals surface area (Å²) >= 11 is 1.56. The van der Waals surface area contributed by atoms with E-state index in [0.717, 1.165) is 16.7 Å². The molecule has 2 bridgehead atoms. The predicted octanol–water partition coefficient (Wildman–Crippen LogP) is 4.93. The Morgan fingerprint density at radius 1 is 0.646 bits per heavy atom. The number of nitrogens with one attached hydrogen (secondary N) is 5. The van der Waals surface area contributed by atoms with Gasteiger partial charge in [-0.1, -0.05) is 133 Å². The summed E-state index contributed by atoms with van der Waals surface area (Å²) in [7, 11) is 0. The maximum absolute atomic E-state index is 14.7. The Balaban J connectivity index is 1.21. The van der Waals surface area contributed by atoms with Gasteiger partial charge in [0.1, 0.15) is 36.0 Å². The lowest BCUT2D eigenvalue weighted by Gasteiger charge is -2.27. The van der Waals surface area contributed by atoms with Gasteiger partial charge in [0.05, 0.1) is 0 Å². The second-order valence-corrected chi connectivity index (χ2v) is 17.3. The molecule has 3 aliphatic rings. The molecule has 0 saturated heterocycles. The molecule has 0 spiro atoms. The van der Waals surface area contributed by atoms with Crippen molar-refractivity contribution < 1.29 is 38.6 Å². The molecule has 65 heavy (non-hydrogen) atoms. The number of ether oxygens (including phenoxy) is 1. The molecule has 5 aromatic rings. The highest BCUT2D eigenvalue weighted by Gasteiger charge is 2.34. The number of carbonyl (C=O) groups is 6. The zero-order valence-corrected chi connectivity index (χ0v) is 36.4. The Hall–Kier alpha value is -7.19. The summed E-state index contributed by atoms with van der Waals surface area (Å²) < 4.78 is 5.81. The van der Waals surface area contributed by atoms with Gasteiger partial charge in [0, 0.05) is 30.9 Å². The van der Waals surface area contributed by atoms with Crippen LogP contribution < -0.4 is 31.3 Å². The number of hydrogen-bond donors (Lipinski definition) is 6. The van der Waals surface area contributed by atoms with E-state index in [1.165, 1.54) is 0 Å². The fourth-order valence-corrected chi connectivity index (χ4v) is 8.70. The van der Waals surface area contributed by atoms with Gasteiger partial charge in [-0.2, -0.15) is 0 Å². The van der Waals surface area contributed by atoms with Crippen LogP contribution in [-0.2, 0) is 54.5 Å². The van der Waals surface area contributed by atoms with Gasteiger partial charge in [0.2, 0.25) is 23.6 Å². The third-order valence-corrected chi connectivity index (χ3v) is 12.3. The molecule has 0 saturated carbocycles. The fourth-order valence-electron chi connectivity index (χ4n) is 7.73. The summed E-state index contributed by atoms with van der Waals surface area (Å²) in [5.74, 6) is -4.17. The van der Waals surface area contributed by atoms with Crippen molar-refractivity contribution in [3.8, 4) is 16.9 Å². The van der Waals surface area contributed by atoms with Crippen LogP contribution in [-0.4, -0.2) is 82.7 Å². The van der Waals surface area contributed by atoms with E-state index in [0.29, 0.717) is 28.9 Å². The standard InChI is InChI=1S/C51H51N5O8S/c57-46-32-64-39-24-20-36(21-25-39)29-43(49(60)56-45(51(62)63)30-34-13-6-2-7-14-34)54-47(58)41(27-33-11-4-1-5-12-33)53-48(59)42(55-50(61)44(52-46)31-40-17-10-26-65-40)28-35-18-22-38(23-19-35)37-15-8-3-9-16-37/h1-16,18-26,40-45H,17,27-32H2,(H,52,57)(H,53,59)(H,54,58)(H,55,61)(H,56,60)(H,62,63)/t40?,41-,42+,43-,44-,45+/m0/s1. The van der Waals surface area contributed by atoms with Crippen LogP contribution in [0.5, 0.6) is 5.75 Å². The summed E-state index contributed by atoms with van der Waals surface area (Å²) in [6.07, 6.45) is 2.96. The Morgan fingerprint density at radius 2 is 1.20 bits per heavy atom. The fraction of sp³-hybridized carbons (Fsp3) is 0.255. The summed E-state index contributed by atoms with van der Waals surface area (Å²) in [6, 6.07) is 35.8. The normalized spacial score (nSPS) is 21.0. The van der Waals surface area contributed by atoms with Crippen LogP contribution in [0.4, 0.5) is 0 Å². The smallest absolute Gasteiger partial charge is 0.326 e. The van der Waals surface area contributed by atoms with Gasteiger partial charge >= 0.3 is 5.97 Å². The van der Waals surface area contributed by atoms with E-state index in [4.69, 9.17) is 4.74 Å². The van der Waals surface area contributed by atoms with Crippen LogP contribution in [0.3, 0.4) is 0 Å². The first-order chi connectivity index (χ1) is 31.6. The van der Waals surface area contributed by atoms with E-state index < -0.39 is 72.3 Å². The first kappa shape index (κ1) is 45.8. The highest BCUT2D eigenvalue weighted by Crippen LogP contribution is 2.28. The van der Waals surface area contributed by atoms with E-state index in [-0.39, 0.29) is 37.4 Å². The van der Waals surface area contributed by atoms with Crippen LogP contribution in [0.25, 0.3) is 11.1 Å². The largest absolute Gasteiger partial charge is 0.484 e. The molecule has 5 amide bonds. The van der Waals surface area contributed by atoms with Crippen molar-refractivity contribution in [2.45, 2.75) is 74.0 Å². The lowest BCUT2D eigenvalue weighted by Crippen LogP contribution is -2.60. The van der Waals surface area contributed by atoms with Gasteiger partial charge in [-0.25, -0.2) is 4.79 Å². The highest BCUT2D eigenvalue weighted by atomic mass is 32.2. The second kappa shape index (κ2) is 22.4. The Morgan fingerprint density at radius 3 is 1.80 bits per heavy atom. The van der Waals surface area contributed by atoms with Crippen LogP contribution in [0.15, 0.2) is 151 Å². The van der Waals surface area contributed by atoms with Crippen LogP contribution >= 0.6 is 11.8 Å². The zero-order valence-electron chi connectivity index (χ0n) is 35.6. The van der Waals surface area contributed by atoms with Crippen molar-refractivity contribution in [1.29, 1.82) is 0 Å². The Kier molecular flexibility index (Phi) is 15.8. The van der Waals surface area contributed by atoms with Crippen molar-refractivity contribution in [1.82, 2.24) is 26.6 Å². The minimum absolute atomic E-state index is 0.00574. The maximum Gasteiger partial charge on any atom is 0.326 e. The Bertz CT molecular complexity index is 2450. The molecule has 6 N–H and O–H groups in total. The summed E-state index contributed by atoms with van der Waals surface area (Å²) in [6.45, 7) is -0.406. The van der Waals surface area contributed by atoms with Crippen LogP contribution in [0.1, 0.15) is 35.1 Å². The maximum atomic E-state index is 14.7. The molecule has 5 aromatic carbocycles. The van der Waals surface area contributed by atoms with Gasteiger partial charge in [-0.3, -0.25) is 24.0 Å². The Labute approximate surface area is 381 Å². The molecule has 0 aromatic heterocycles. The molecule has 13 nitrogen and oxygen atoms in total. The minimum Gasteiger partial charge on any atom is -0.484 e. The van der Waals surface area contributed by atoms with Crippen molar-refractivity contribution >= 4 is 47.3 Å². The third-order valence-electron chi connectivity index (χ3n) is 11.2. The molecule has 6 atom stereocenters. The van der Waals surface area contributed by atoms with Gasteiger partial charge in [0.15, 0.2) is 6.61 Å². The molecule has 0 fully saturated rings. The monoisotopic (exact) mass is 893 g/mol. The van der Waals surface area contributed by atoms with E-state index in [2.05, 4.69) is 26.6 Å². The predicted molar refractivity (Wildman–Crippen MR) is 249 cm³/mol. The SMILES string of the molecule is O=C1COc2ccc(cc2)C[C@@H](C(=O)N[C@H](Cc2ccccc2)C(=O)O)NC(=O)[C@H](Cc2ccccc2)NC(=O)[C@@H](Cc2ccc(-c3ccccc3)cc2)NC(=O)[C@H](CC2CC=CS2)N1. The van der Waals surface area contributed by atoms with Crippen molar-refractivity contribution in [3.05, 3.63) is 173 Å². The lowest BCUT2D eigenvalue weighted by atomic mass is 9.98. The first-order valence-electron chi connectivity index (χ1n) is 21.5. The molecule has 8 rings (SSSR count). The van der Waals surface area contributed by atoms with E-state index in [9.17, 15) is 33.9 Å². The van der Waals surface area contributed by atoms with Gasteiger partial charge in [-0.05, 0) is 63.8 Å². The molecule has 0 aliphatic carbocycles. The van der Waals surface area contributed by atoms with Gasteiger partial charge < -0.3 is 36.4 Å². The lowest BCUT2D eigenvalue weighted by molar-refractivity contribution is -0.142. The number of allylic oxidation sites excluding steroid dienone is 1. The second-order valence-electron chi connectivity index (χ2n) is 16.1. The van der Waals surface area contributed by atoms with Crippen LogP contribution in [0.2, 0.25) is 0 Å². The first-order valence-corrected chi connectivity index (χ1v) is 22.5. The number of hydrogen-bond acceptors (Lipinski definition) is 8. The van der Waals surface area contributed by atoms with Gasteiger partial charge in [-0.15, -0.1) is 11.8 Å². The average Bonchev–Trinajstić information content (AvgIpc) is 3.84. The van der Waals surface area contributed by atoms with E-state index >= 15 is 0 Å². The number of thioether (sulfide) groups is 1. The number of rotatable bonds is 12. The molecule has 3 heterocycles. The quantitative estimate of drug-likeness (QED) is 0.0943. The number of carboxylic acids is 1. The van der Waals surface area contributed by atoms with Crippen molar-refractivity contribution in [2.75, 3.05) is 6.61 Å². The van der Waals surface area contributed by atoms with Crippen molar-refractivity contribution in [3.63, 3.8) is 0 Å². The molecule has 0 radical (unpaired) electrons. The van der Waals surface area contributed by atoms with E-state index in [1.807, 2.05) is 72.1 Å². The van der Waals surface area contributed by atoms with Crippen LogP contribution in [0, 0.1) is 0 Å². The summed E-state index contributed by atoms with van der Waals surface area (Å²) in [5.41, 5.74) is 4.68. The zero-order chi connectivity index (χ0) is 45.5. The molecule has 3 aliphatic heterocycles.